The SMILES string of the molecule is CCCN(CC(=O)N(C)C)Cc1ccnc(CN)c1. The zero-order chi connectivity index (χ0) is 14.3. The van der Waals surface area contributed by atoms with Gasteiger partial charge in [-0.2, -0.15) is 0 Å². The maximum absolute atomic E-state index is 11.8. The maximum atomic E-state index is 11.8. The highest BCUT2D eigenvalue weighted by Crippen LogP contribution is 2.07. The molecule has 19 heavy (non-hydrogen) atoms. The second-order valence-corrected chi connectivity index (χ2v) is 4.86. The van der Waals surface area contributed by atoms with Gasteiger partial charge in [0.15, 0.2) is 0 Å². The predicted molar refractivity (Wildman–Crippen MR) is 76.4 cm³/mol. The Balaban J connectivity index is 2.68. The highest BCUT2D eigenvalue weighted by atomic mass is 16.2. The zero-order valence-electron chi connectivity index (χ0n) is 12.1. The lowest BCUT2D eigenvalue weighted by Crippen LogP contribution is -2.36. The van der Waals surface area contributed by atoms with Crippen LogP contribution in [0.5, 0.6) is 0 Å². The van der Waals surface area contributed by atoms with E-state index >= 15 is 0 Å². The third-order valence-electron chi connectivity index (χ3n) is 2.89. The molecule has 0 spiro atoms. The van der Waals surface area contributed by atoms with E-state index in [9.17, 15) is 4.79 Å². The average Bonchev–Trinajstić information content (AvgIpc) is 2.39. The molecule has 1 aromatic rings. The maximum Gasteiger partial charge on any atom is 0.236 e. The van der Waals surface area contributed by atoms with Crippen LogP contribution in [0.25, 0.3) is 0 Å². The average molecular weight is 264 g/mol. The molecule has 0 fully saturated rings. The van der Waals surface area contributed by atoms with Crippen molar-refractivity contribution in [2.24, 2.45) is 5.73 Å². The van der Waals surface area contributed by atoms with Crippen LogP contribution >= 0.6 is 0 Å². The van der Waals surface area contributed by atoms with Gasteiger partial charge in [0.05, 0.1) is 12.2 Å². The van der Waals surface area contributed by atoms with Crippen LogP contribution in [0.1, 0.15) is 24.6 Å². The molecule has 0 aliphatic rings. The summed E-state index contributed by atoms with van der Waals surface area (Å²) in [5.74, 6) is 0.126. The van der Waals surface area contributed by atoms with Crippen LogP contribution in [0.3, 0.4) is 0 Å². The lowest BCUT2D eigenvalue weighted by atomic mass is 10.2. The van der Waals surface area contributed by atoms with Gasteiger partial charge in [-0.3, -0.25) is 14.7 Å². The summed E-state index contributed by atoms with van der Waals surface area (Å²) in [6, 6.07) is 3.98. The molecule has 1 rings (SSSR count). The Bertz CT molecular complexity index is 406. The number of nitrogens with zero attached hydrogens (tertiary/aromatic N) is 3. The number of carbonyl (C=O) groups is 1. The topological polar surface area (TPSA) is 62.5 Å². The second-order valence-electron chi connectivity index (χ2n) is 4.86. The van der Waals surface area contributed by atoms with E-state index in [1.807, 2.05) is 12.1 Å². The number of hydrogen-bond acceptors (Lipinski definition) is 4. The van der Waals surface area contributed by atoms with E-state index in [-0.39, 0.29) is 5.91 Å². The number of amides is 1. The van der Waals surface area contributed by atoms with Gasteiger partial charge in [0.25, 0.3) is 0 Å². The summed E-state index contributed by atoms with van der Waals surface area (Å²) >= 11 is 0. The smallest absolute Gasteiger partial charge is 0.236 e. The minimum Gasteiger partial charge on any atom is -0.348 e. The Labute approximate surface area is 115 Å². The molecule has 0 unspecified atom stereocenters. The molecular weight excluding hydrogens is 240 g/mol. The second kappa shape index (κ2) is 7.86. The first-order valence-electron chi connectivity index (χ1n) is 6.63. The van der Waals surface area contributed by atoms with Gasteiger partial charge in [0.1, 0.15) is 0 Å². The van der Waals surface area contributed by atoms with Crippen LogP contribution < -0.4 is 5.73 Å². The fraction of sp³-hybridized carbons (Fsp3) is 0.571. The van der Waals surface area contributed by atoms with E-state index in [0.717, 1.165) is 30.8 Å². The number of hydrogen-bond donors (Lipinski definition) is 1. The third kappa shape index (κ3) is 5.36. The first-order valence-corrected chi connectivity index (χ1v) is 6.63. The molecule has 1 aromatic heterocycles. The molecule has 5 heteroatoms. The molecule has 0 radical (unpaired) electrons. The fourth-order valence-electron chi connectivity index (χ4n) is 1.86. The van der Waals surface area contributed by atoms with E-state index in [2.05, 4.69) is 16.8 Å². The standard InChI is InChI=1S/C14H24N4O/c1-4-7-18(11-14(19)17(2)3)10-12-5-6-16-13(8-12)9-15/h5-6,8H,4,7,9-11,15H2,1-3H3. The van der Waals surface area contributed by atoms with Gasteiger partial charge < -0.3 is 10.6 Å². The Kier molecular flexibility index (Phi) is 6.45. The molecular formula is C14H24N4O. The molecule has 2 N–H and O–H groups in total. The Hall–Kier alpha value is -1.46. The van der Waals surface area contributed by atoms with Crippen molar-refractivity contribution in [1.82, 2.24) is 14.8 Å². The molecule has 0 bridgehead atoms. The van der Waals surface area contributed by atoms with Crippen LogP contribution in [-0.2, 0) is 17.9 Å². The molecule has 5 nitrogen and oxygen atoms in total. The van der Waals surface area contributed by atoms with Crippen molar-refractivity contribution in [2.75, 3.05) is 27.2 Å². The minimum absolute atomic E-state index is 0.126. The minimum atomic E-state index is 0.126. The van der Waals surface area contributed by atoms with Gasteiger partial charge in [-0.15, -0.1) is 0 Å². The highest BCUT2D eigenvalue weighted by molar-refractivity contribution is 5.77. The summed E-state index contributed by atoms with van der Waals surface area (Å²) in [5, 5.41) is 0. The van der Waals surface area contributed by atoms with Crippen molar-refractivity contribution in [3.63, 3.8) is 0 Å². The number of aromatic nitrogens is 1. The van der Waals surface area contributed by atoms with E-state index in [0.29, 0.717) is 13.1 Å². The summed E-state index contributed by atoms with van der Waals surface area (Å²) in [6.45, 7) is 4.66. The first-order chi connectivity index (χ1) is 9.06. The predicted octanol–water partition coefficient (Wildman–Crippen LogP) is 0.841. The van der Waals surface area contributed by atoms with Gasteiger partial charge in [-0.25, -0.2) is 0 Å². The number of nitrogens with two attached hydrogens (primary N) is 1. The van der Waals surface area contributed by atoms with Crippen LogP contribution in [0.2, 0.25) is 0 Å². The van der Waals surface area contributed by atoms with Crippen LogP contribution in [0.4, 0.5) is 0 Å². The quantitative estimate of drug-likeness (QED) is 0.793. The van der Waals surface area contributed by atoms with Crippen molar-refractivity contribution in [3.05, 3.63) is 29.6 Å². The Morgan fingerprint density at radius 3 is 2.74 bits per heavy atom. The lowest BCUT2D eigenvalue weighted by Gasteiger charge is -2.23. The summed E-state index contributed by atoms with van der Waals surface area (Å²) in [5.41, 5.74) is 7.62. The van der Waals surface area contributed by atoms with E-state index < -0.39 is 0 Å². The number of pyridine rings is 1. The molecule has 0 aliphatic carbocycles. The van der Waals surface area contributed by atoms with E-state index in [4.69, 9.17) is 5.73 Å². The molecule has 106 valence electrons. The zero-order valence-corrected chi connectivity index (χ0v) is 12.1. The van der Waals surface area contributed by atoms with Crippen molar-refractivity contribution < 1.29 is 4.79 Å². The van der Waals surface area contributed by atoms with E-state index in [1.54, 1.807) is 25.2 Å². The van der Waals surface area contributed by atoms with Crippen LogP contribution in [0, 0.1) is 0 Å². The molecule has 0 aliphatic heterocycles. The molecule has 1 heterocycles. The monoisotopic (exact) mass is 264 g/mol. The highest BCUT2D eigenvalue weighted by Gasteiger charge is 2.12. The molecule has 0 atom stereocenters. The van der Waals surface area contributed by atoms with Gasteiger partial charge in [0, 0.05) is 33.4 Å². The molecule has 0 saturated carbocycles. The van der Waals surface area contributed by atoms with E-state index in [1.165, 1.54) is 0 Å². The lowest BCUT2D eigenvalue weighted by molar-refractivity contribution is -0.130. The summed E-state index contributed by atoms with van der Waals surface area (Å²) in [7, 11) is 3.57. The van der Waals surface area contributed by atoms with Gasteiger partial charge in [-0.1, -0.05) is 6.92 Å². The summed E-state index contributed by atoms with van der Waals surface area (Å²) in [4.78, 5) is 19.8. The Morgan fingerprint density at radius 1 is 1.42 bits per heavy atom. The summed E-state index contributed by atoms with van der Waals surface area (Å²) in [6.07, 6.45) is 2.80. The molecule has 0 saturated heterocycles. The van der Waals surface area contributed by atoms with Crippen LogP contribution in [-0.4, -0.2) is 47.9 Å². The third-order valence-corrected chi connectivity index (χ3v) is 2.89. The summed E-state index contributed by atoms with van der Waals surface area (Å²) < 4.78 is 0. The Morgan fingerprint density at radius 2 is 2.16 bits per heavy atom. The number of carbonyl (C=O) groups excluding carboxylic acids is 1. The van der Waals surface area contributed by atoms with Gasteiger partial charge in [0.2, 0.25) is 5.91 Å². The fourth-order valence-corrected chi connectivity index (χ4v) is 1.86. The molecule has 0 aromatic carbocycles. The van der Waals surface area contributed by atoms with Gasteiger partial charge >= 0.3 is 0 Å². The first kappa shape index (κ1) is 15.6. The van der Waals surface area contributed by atoms with Gasteiger partial charge in [-0.05, 0) is 30.7 Å². The largest absolute Gasteiger partial charge is 0.348 e. The number of rotatable bonds is 7. The van der Waals surface area contributed by atoms with Crippen molar-refractivity contribution in [3.8, 4) is 0 Å². The molecule has 1 amide bonds. The van der Waals surface area contributed by atoms with Crippen LogP contribution in [0.15, 0.2) is 18.3 Å². The normalized spacial score (nSPS) is 10.8. The van der Waals surface area contributed by atoms with Crippen molar-refractivity contribution in [1.29, 1.82) is 0 Å². The van der Waals surface area contributed by atoms with Crippen molar-refractivity contribution >= 4 is 5.91 Å². The number of likely N-dealkylation sites (N-methyl/N-ethyl adjacent to an activating group) is 1. The van der Waals surface area contributed by atoms with Crippen molar-refractivity contribution in [2.45, 2.75) is 26.4 Å².